The molecule has 4 nitrogen and oxygen atoms in total. The molecule has 0 radical (unpaired) electrons. The van der Waals surface area contributed by atoms with E-state index in [2.05, 4.69) is 28.7 Å². The molecule has 0 aromatic heterocycles. The van der Waals surface area contributed by atoms with E-state index in [9.17, 15) is 4.79 Å². The van der Waals surface area contributed by atoms with Crippen molar-refractivity contribution in [2.24, 2.45) is 0 Å². The smallest absolute Gasteiger partial charge is 0.337 e. The highest BCUT2D eigenvalue weighted by atomic mass is 16.5. The summed E-state index contributed by atoms with van der Waals surface area (Å²) in [7, 11) is 1.37. The van der Waals surface area contributed by atoms with E-state index < -0.39 is 0 Å². The molecule has 0 N–H and O–H groups in total. The van der Waals surface area contributed by atoms with Crippen LogP contribution in [0, 0.1) is 0 Å². The second-order valence-corrected chi connectivity index (χ2v) is 4.78. The van der Waals surface area contributed by atoms with E-state index in [0.29, 0.717) is 12.2 Å². The molecule has 0 saturated carbocycles. The van der Waals surface area contributed by atoms with E-state index in [1.807, 2.05) is 18.2 Å². The molecular weight excluding hydrogens is 278 g/mol. The first-order valence-corrected chi connectivity index (χ1v) is 7.35. The van der Waals surface area contributed by atoms with Gasteiger partial charge in [0.05, 0.1) is 19.2 Å². The molecule has 0 aliphatic carbocycles. The van der Waals surface area contributed by atoms with Gasteiger partial charge in [-0.25, -0.2) is 4.79 Å². The average molecular weight is 299 g/mol. The molecule has 0 fully saturated rings. The van der Waals surface area contributed by atoms with Gasteiger partial charge in [0.15, 0.2) is 0 Å². The third-order valence-electron chi connectivity index (χ3n) is 3.41. The highest BCUT2D eigenvalue weighted by molar-refractivity contribution is 5.89. The van der Waals surface area contributed by atoms with Crippen LogP contribution in [0.4, 0.5) is 5.69 Å². The molecule has 0 aliphatic heterocycles. The van der Waals surface area contributed by atoms with Gasteiger partial charge < -0.3 is 14.4 Å². The minimum atomic E-state index is -0.340. The fourth-order valence-corrected chi connectivity index (χ4v) is 2.19. The van der Waals surface area contributed by atoms with E-state index in [0.717, 1.165) is 18.8 Å². The topological polar surface area (TPSA) is 38.8 Å². The fraction of sp³-hybridized carbons (Fsp3) is 0.278. The van der Waals surface area contributed by atoms with Crippen LogP contribution in [0.1, 0.15) is 17.3 Å². The number of carbonyl (C=O) groups is 1. The number of benzene rings is 2. The number of nitrogens with zero attached hydrogens (tertiary/aromatic N) is 1. The molecule has 0 bridgehead atoms. The number of methoxy groups -OCH3 is 1. The largest absolute Gasteiger partial charge is 0.492 e. The molecule has 0 unspecified atom stereocenters. The summed E-state index contributed by atoms with van der Waals surface area (Å²) in [5.74, 6) is 0.407. The third-order valence-corrected chi connectivity index (χ3v) is 3.41. The Morgan fingerprint density at radius 1 is 1.05 bits per heavy atom. The number of para-hydroxylation sites is 1. The van der Waals surface area contributed by atoms with E-state index in [-0.39, 0.29) is 5.97 Å². The van der Waals surface area contributed by atoms with Gasteiger partial charge in [-0.15, -0.1) is 0 Å². The van der Waals surface area contributed by atoms with Crippen LogP contribution in [0.5, 0.6) is 5.75 Å². The Hall–Kier alpha value is -2.49. The summed E-state index contributed by atoms with van der Waals surface area (Å²) in [4.78, 5) is 13.6. The fourth-order valence-electron chi connectivity index (χ4n) is 2.19. The zero-order valence-electron chi connectivity index (χ0n) is 13.0. The summed E-state index contributed by atoms with van der Waals surface area (Å²) in [5, 5.41) is 0. The van der Waals surface area contributed by atoms with Gasteiger partial charge in [-0.2, -0.15) is 0 Å². The Kier molecular flexibility index (Phi) is 5.83. The lowest BCUT2D eigenvalue weighted by Crippen LogP contribution is -2.27. The second-order valence-electron chi connectivity index (χ2n) is 4.78. The van der Waals surface area contributed by atoms with E-state index in [1.54, 1.807) is 24.3 Å². The number of rotatable bonds is 7. The van der Waals surface area contributed by atoms with E-state index in [4.69, 9.17) is 4.74 Å². The van der Waals surface area contributed by atoms with Crippen molar-refractivity contribution < 1.29 is 14.3 Å². The van der Waals surface area contributed by atoms with Crippen molar-refractivity contribution in [1.82, 2.24) is 0 Å². The van der Waals surface area contributed by atoms with Crippen molar-refractivity contribution in [1.29, 1.82) is 0 Å². The van der Waals surface area contributed by atoms with Gasteiger partial charge in [0.25, 0.3) is 0 Å². The third kappa shape index (κ3) is 4.25. The maximum Gasteiger partial charge on any atom is 0.337 e. The monoisotopic (exact) mass is 299 g/mol. The van der Waals surface area contributed by atoms with Crippen molar-refractivity contribution in [3.63, 3.8) is 0 Å². The highest BCUT2D eigenvalue weighted by Crippen LogP contribution is 2.15. The van der Waals surface area contributed by atoms with E-state index >= 15 is 0 Å². The molecule has 0 aliphatic rings. The molecule has 4 heteroatoms. The van der Waals surface area contributed by atoms with Gasteiger partial charge >= 0.3 is 5.97 Å². The van der Waals surface area contributed by atoms with Crippen LogP contribution in [-0.2, 0) is 4.74 Å². The SMILES string of the molecule is CCN(CCOc1ccc(C(=O)OC)cc1)c1ccccc1. The summed E-state index contributed by atoms with van der Waals surface area (Å²) in [6, 6.07) is 17.2. The number of ether oxygens (including phenoxy) is 2. The summed E-state index contributed by atoms with van der Waals surface area (Å²) >= 11 is 0. The zero-order chi connectivity index (χ0) is 15.8. The predicted octanol–water partition coefficient (Wildman–Crippen LogP) is 3.38. The molecule has 0 saturated heterocycles. The van der Waals surface area contributed by atoms with Crippen molar-refractivity contribution in [2.75, 3.05) is 31.7 Å². The lowest BCUT2D eigenvalue weighted by Gasteiger charge is -2.23. The van der Waals surface area contributed by atoms with Crippen LogP contribution in [0.25, 0.3) is 0 Å². The molecular formula is C18H21NO3. The molecule has 22 heavy (non-hydrogen) atoms. The van der Waals surface area contributed by atoms with Crippen molar-refractivity contribution >= 4 is 11.7 Å². The van der Waals surface area contributed by atoms with Crippen LogP contribution in [0.15, 0.2) is 54.6 Å². The lowest BCUT2D eigenvalue weighted by atomic mass is 10.2. The van der Waals surface area contributed by atoms with Crippen LogP contribution in [0.2, 0.25) is 0 Å². The zero-order valence-corrected chi connectivity index (χ0v) is 13.0. The number of anilines is 1. The molecule has 2 aromatic carbocycles. The number of hydrogen-bond acceptors (Lipinski definition) is 4. The van der Waals surface area contributed by atoms with Gasteiger partial charge in [0, 0.05) is 12.2 Å². The van der Waals surface area contributed by atoms with Crippen LogP contribution in [0.3, 0.4) is 0 Å². The second kappa shape index (κ2) is 8.08. The first kappa shape index (κ1) is 15.9. The minimum absolute atomic E-state index is 0.340. The number of carbonyl (C=O) groups excluding carboxylic acids is 1. The number of hydrogen-bond donors (Lipinski definition) is 0. The normalized spacial score (nSPS) is 10.1. The van der Waals surface area contributed by atoms with Crippen LogP contribution in [-0.4, -0.2) is 32.8 Å². The Labute approximate surface area is 131 Å². The Morgan fingerprint density at radius 3 is 2.32 bits per heavy atom. The van der Waals surface area contributed by atoms with Crippen molar-refractivity contribution in [3.8, 4) is 5.75 Å². The molecule has 0 amide bonds. The van der Waals surface area contributed by atoms with Gasteiger partial charge in [-0.3, -0.25) is 0 Å². The number of likely N-dealkylation sites (N-methyl/N-ethyl adjacent to an activating group) is 1. The maximum atomic E-state index is 11.4. The summed E-state index contributed by atoms with van der Waals surface area (Å²) in [6.45, 7) is 4.44. The molecule has 2 rings (SSSR count). The molecule has 116 valence electrons. The summed E-state index contributed by atoms with van der Waals surface area (Å²) in [5.41, 5.74) is 1.71. The molecule has 2 aromatic rings. The minimum Gasteiger partial charge on any atom is -0.492 e. The van der Waals surface area contributed by atoms with Crippen molar-refractivity contribution in [2.45, 2.75) is 6.92 Å². The Balaban J connectivity index is 1.86. The summed E-state index contributed by atoms with van der Waals surface area (Å²) < 4.78 is 10.4. The van der Waals surface area contributed by atoms with Gasteiger partial charge in [0.1, 0.15) is 12.4 Å². The standard InChI is InChI=1S/C18H21NO3/c1-3-19(16-7-5-4-6-8-16)13-14-22-17-11-9-15(10-12-17)18(20)21-2/h4-12H,3,13-14H2,1-2H3. The highest BCUT2D eigenvalue weighted by Gasteiger charge is 2.06. The van der Waals surface area contributed by atoms with Gasteiger partial charge in [-0.05, 0) is 43.3 Å². The number of esters is 1. The Bertz CT molecular complexity index is 581. The van der Waals surface area contributed by atoms with Crippen LogP contribution >= 0.6 is 0 Å². The Morgan fingerprint density at radius 2 is 1.73 bits per heavy atom. The van der Waals surface area contributed by atoms with Gasteiger partial charge in [-0.1, -0.05) is 18.2 Å². The molecule has 0 spiro atoms. The predicted molar refractivity (Wildman–Crippen MR) is 87.6 cm³/mol. The lowest BCUT2D eigenvalue weighted by molar-refractivity contribution is 0.0600. The van der Waals surface area contributed by atoms with Crippen molar-refractivity contribution in [3.05, 3.63) is 60.2 Å². The summed E-state index contributed by atoms with van der Waals surface area (Å²) in [6.07, 6.45) is 0. The molecule has 0 heterocycles. The van der Waals surface area contributed by atoms with Gasteiger partial charge in [0.2, 0.25) is 0 Å². The van der Waals surface area contributed by atoms with E-state index in [1.165, 1.54) is 12.8 Å². The first-order valence-electron chi connectivity index (χ1n) is 7.35. The maximum absolute atomic E-state index is 11.4. The average Bonchev–Trinajstić information content (AvgIpc) is 2.59. The molecule has 0 atom stereocenters. The first-order chi connectivity index (χ1) is 10.7. The van der Waals surface area contributed by atoms with Crippen LogP contribution < -0.4 is 9.64 Å². The quantitative estimate of drug-likeness (QED) is 0.735.